The summed E-state index contributed by atoms with van der Waals surface area (Å²) in [6.07, 6.45) is 3.72. The van der Waals surface area contributed by atoms with Crippen LogP contribution in [0.25, 0.3) is 0 Å². The fraction of sp³-hybridized carbons (Fsp3) is 0.462. The van der Waals surface area contributed by atoms with Gasteiger partial charge in [0.2, 0.25) is 0 Å². The maximum atomic E-state index is 5.23. The molecule has 0 saturated heterocycles. The average Bonchev–Trinajstić information content (AvgIpc) is 2.25. The highest BCUT2D eigenvalue weighted by atomic mass is 16.5. The molecule has 77 valence electrons. The van der Waals surface area contributed by atoms with Gasteiger partial charge in [0, 0.05) is 6.61 Å². The largest absolute Gasteiger partial charge is 0.377 e. The first-order chi connectivity index (χ1) is 6.86. The Morgan fingerprint density at radius 3 is 2.36 bits per heavy atom. The number of hydrogen-bond acceptors (Lipinski definition) is 1. The van der Waals surface area contributed by atoms with Crippen LogP contribution in [0.5, 0.6) is 0 Å². The highest BCUT2D eigenvalue weighted by Crippen LogP contribution is 2.08. The van der Waals surface area contributed by atoms with Crippen molar-refractivity contribution < 1.29 is 4.74 Å². The van der Waals surface area contributed by atoms with Gasteiger partial charge in [-0.25, -0.2) is 0 Å². The van der Waals surface area contributed by atoms with E-state index in [0.717, 1.165) is 0 Å². The summed E-state index contributed by atoms with van der Waals surface area (Å²) in [6, 6.07) is 8.66. The van der Waals surface area contributed by atoms with Gasteiger partial charge in [0.05, 0.1) is 6.61 Å². The number of aryl methyl sites for hydroxylation is 1. The maximum absolute atomic E-state index is 5.23. The Labute approximate surface area is 87.1 Å². The maximum Gasteiger partial charge on any atom is 0.0716 e. The van der Waals surface area contributed by atoms with E-state index in [1.807, 2.05) is 0 Å². The molecule has 14 heavy (non-hydrogen) atoms. The van der Waals surface area contributed by atoms with E-state index in [0.29, 0.717) is 13.2 Å². The molecule has 1 heteroatoms. The number of benzene rings is 1. The molecule has 1 aromatic rings. The number of hydrogen-bond donors (Lipinski definition) is 0. The zero-order valence-electron chi connectivity index (χ0n) is 8.96. The van der Waals surface area contributed by atoms with E-state index in [4.69, 9.17) is 4.74 Å². The first-order valence-corrected chi connectivity index (χ1v) is 5.31. The van der Waals surface area contributed by atoms with E-state index >= 15 is 0 Å². The van der Waals surface area contributed by atoms with Crippen molar-refractivity contribution in [3.63, 3.8) is 0 Å². The zero-order valence-corrected chi connectivity index (χ0v) is 8.96. The summed E-state index contributed by atoms with van der Waals surface area (Å²) in [5.41, 5.74) is 2.65. The molecule has 0 atom stereocenters. The van der Waals surface area contributed by atoms with Crippen LogP contribution in [0, 0.1) is 6.92 Å². The van der Waals surface area contributed by atoms with Crippen molar-refractivity contribution in [1.29, 1.82) is 0 Å². The van der Waals surface area contributed by atoms with Gasteiger partial charge in [-0.15, -0.1) is 0 Å². The minimum atomic E-state index is 0.539. The molecular weight excluding hydrogens is 172 g/mol. The fourth-order valence-electron chi connectivity index (χ4n) is 1.37. The SMILES string of the molecule is [CH2]COCc1ccc(CCCC)cc1. The van der Waals surface area contributed by atoms with Crippen LogP contribution >= 0.6 is 0 Å². The molecule has 1 rings (SSSR count). The molecule has 0 amide bonds. The van der Waals surface area contributed by atoms with E-state index in [9.17, 15) is 0 Å². The van der Waals surface area contributed by atoms with Gasteiger partial charge in [0.15, 0.2) is 0 Å². The van der Waals surface area contributed by atoms with E-state index in [1.165, 1.54) is 30.4 Å². The van der Waals surface area contributed by atoms with Gasteiger partial charge >= 0.3 is 0 Å². The Morgan fingerprint density at radius 2 is 1.79 bits per heavy atom. The Hall–Kier alpha value is -0.820. The highest BCUT2D eigenvalue weighted by Gasteiger charge is 1.94. The molecule has 0 aliphatic carbocycles. The van der Waals surface area contributed by atoms with Crippen LogP contribution in [-0.4, -0.2) is 6.61 Å². The fourth-order valence-corrected chi connectivity index (χ4v) is 1.37. The summed E-state index contributed by atoms with van der Waals surface area (Å²) < 4.78 is 5.23. The molecular formula is C13H19O. The summed E-state index contributed by atoms with van der Waals surface area (Å²) >= 11 is 0. The van der Waals surface area contributed by atoms with Crippen molar-refractivity contribution in [2.24, 2.45) is 0 Å². The van der Waals surface area contributed by atoms with Gasteiger partial charge in [0.25, 0.3) is 0 Å². The van der Waals surface area contributed by atoms with Crippen LogP contribution in [0.2, 0.25) is 0 Å². The Balaban J connectivity index is 2.42. The summed E-state index contributed by atoms with van der Waals surface area (Å²) in [4.78, 5) is 0. The monoisotopic (exact) mass is 191 g/mol. The van der Waals surface area contributed by atoms with Crippen molar-refractivity contribution in [2.75, 3.05) is 6.61 Å². The summed E-state index contributed by atoms with van der Waals surface area (Å²) in [5, 5.41) is 0. The van der Waals surface area contributed by atoms with Crippen LogP contribution in [0.4, 0.5) is 0 Å². The van der Waals surface area contributed by atoms with E-state index < -0.39 is 0 Å². The normalized spacial score (nSPS) is 10.4. The molecule has 1 aromatic carbocycles. The molecule has 0 unspecified atom stereocenters. The minimum absolute atomic E-state index is 0.539. The quantitative estimate of drug-likeness (QED) is 0.669. The first kappa shape index (κ1) is 11.3. The minimum Gasteiger partial charge on any atom is -0.377 e. The van der Waals surface area contributed by atoms with Gasteiger partial charge < -0.3 is 4.74 Å². The third-order valence-electron chi connectivity index (χ3n) is 2.26. The van der Waals surface area contributed by atoms with E-state index in [2.05, 4.69) is 38.1 Å². The Morgan fingerprint density at radius 1 is 1.14 bits per heavy atom. The van der Waals surface area contributed by atoms with E-state index in [1.54, 1.807) is 0 Å². The average molecular weight is 191 g/mol. The van der Waals surface area contributed by atoms with Crippen LogP contribution < -0.4 is 0 Å². The lowest BCUT2D eigenvalue weighted by Crippen LogP contribution is -1.92. The molecule has 0 fully saturated rings. The van der Waals surface area contributed by atoms with Crippen molar-refractivity contribution in [1.82, 2.24) is 0 Å². The molecule has 0 saturated carbocycles. The molecule has 1 nitrogen and oxygen atoms in total. The van der Waals surface area contributed by atoms with Gasteiger partial charge in [-0.05, 0) is 30.9 Å². The van der Waals surface area contributed by atoms with Crippen molar-refractivity contribution in [3.05, 3.63) is 42.3 Å². The van der Waals surface area contributed by atoms with Crippen LogP contribution in [0.15, 0.2) is 24.3 Å². The summed E-state index contributed by atoms with van der Waals surface area (Å²) in [5.74, 6) is 0. The third kappa shape index (κ3) is 3.93. The topological polar surface area (TPSA) is 9.23 Å². The summed E-state index contributed by atoms with van der Waals surface area (Å²) in [7, 11) is 0. The molecule has 0 N–H and O–H groups in total. The Kier molecular flexibility index (Phi) is 5.31. The summed E-state index contributed by atoms with van der Waals surface area (Å²) in [6.45, 7) is 7.07. The molecule has 1 radical (unpaired) electrons. The third-order valence-corrected chi connectivity index (χ3v) is 2.26. The van der Waals surface area contributed by atoms with Gasteiger partial charge in [-0.2, -0.15) is 0 Å². The highest BCUT2D eigenvalue weighted by molar-refractivity contribution is 5.22. The second-order valence-electron chi connectivity index (χ2n) is 3.47. The molecule has 0 heterocycles. The number of unbranched alkanes of at least 4 members (excludes halogenated alkanes) is 1. The standard InChI is InChI=1S/C13H19O/c1-3-5-6-12-7-9-13(10-8-12)11-14-4-2/h7-10H,2-6,11H2,1H3. The molecule has 0 aromatic heterocycles. The molecule has 0 aliphatic heterocycles. The van der Waals surface area contributed by atoms with Crippen LogP contribution in [0.3, 0.4) is 0 Å². The predicted molar refractivity (Wildman–Crippen MR) is 60.1 cm³/mol. The number of rotatable bonds is 6. The lowest BCUT2D eigenvalue weighted by Gasteiger charge is -2.03. The lowest BCUT2D eigenvalue weighted by atomic mass is 10.1. The Bertz CT molecular complexity index is 211. The smallest absolute Gasteiger partial charge is 0.0716 e. The molecule has 0 aliphatic rings. The van der Waals surface area contributed by atoms with Gasteiger partial charge in [0.1, 0.15) is 0 Å². The lowest BCUT2D eigenvalue weighted by molar-refractivity contribution is 0.147. The van der Waals surface area contributed by atoms with E-state index in [-0.39, 0.29) is 0 Å². The molecule has 0 spiro atoms. The second kappa shape index (κ2) is 6.61. The second-order valence-corrected chi connectivity index (χ2v) is 3.47. The van der Waals surface area contributed by atoms with Crippen molar-refractivity contribution >= 4 is 0 Å². The van der Waals surface area contributed by atoms with Crippen molar-refractivity contribution in [3.8, 4) is 0 Å². The van der Waals surface area contributed by atoms with Gasteiger partial charge in [-0.1, -0.05) is 37.6 Å². The van der Waals surface area contributed by atoms with Crippen molar-refractivity contribution in [2.45, 2.75) is 32.8 Å². The number of ether oxygens (including phenoxy) is 1. The van der Waals surface area contributed by atoms with Gasteiger partial charge in [-0.3, -0.25) is 0 Å². The van der Waals surface area contributed by atoms with Crippen LogP contribution in [-0.2, 0) is 17.8 Å². The predicted octanol–water partition coefficient (Wildman–Crippen LogP) is 3.38. The zero-order chi connectivity index (χ0) is 10.2. The van der Waals surface area contributed by atoms with Crippen LogP contribution in [0.1, 0.15) is 30.9 Å². The molecule has 0 bridgehead atoms. The first-order valence-electron chi connectivity index (χ1n) is 5.31.